The summed E-state index contributed by atoms with van der Waals surface area (Å²) in [5.41, 5.74) is 1.93. The predicted octanol–water partition coefficient (Wildman–Crippen LogP) is 3.35. The second kappa shape index (κ2) is 6.55. The van der Waals surface area contributed by atoms with Gasteiger partial charge in [0.2, 0.25) is 0 Å². The Labute approximate surface area is 109 Å². The van der Waals surface area contributed by atoms with Crippen LogP contribution in [-0.4, -0.2) is 18.4 Å². The zero-order valence-corrected chi connectivity index (χ0v) is 11.5. The van der Waals surface area contributed by atoms with Gasteiger partial charge in [-0.3, -0.25) is 4.79 Å². The zero-order chi connectivity index (χ0) is 12.8. The van der Waals surface area contributed by atoms with Crippen LogP contribution in [0.1, 0.15) is 46.5 Å². The molecule has 0 N–H and O–H groups in total. The van der Waals surface area contributed by atoms with E-state index >= 15 is 0 Å². The Hall–Kier alpha value is -1.16. The molecule has 1 aromatic rings. The number of rotatable bonds is 5. The average Bonchev–Trinajstić information content (AvgIpc) is 2.37. The Bertz CT molecular complexity index is 427. The molecule has 1 rings (SSSR count). The Morgan fingerprint density at radius 2 is 2.00 bits per heavy atom. The van der Waals surface area contributed by atoms with E-state index in [0.717, 1.165) is 5.56 Å². The molecule has 0 aliphatic rings. The fraction of sp³-hybridized carbons (Fsp3) is 0.385. The van der Waals surface area contributed by atoms with Gasteiger partial charge in [-0.25, -0.2) is 4.79 Å². The lowest BCUT2D eigenvalue weighted by atomic mass is 10.0. The average molecular weight is 299 g/mol. The van der Waals surface area contributed by atoms with Crippen LogP contribution >= 0.6 is 15.9 Å². The fourth-order valence-electron chi connectivity index (χ4n) is 1.49. The van der Waals surface area contributed by atoms with Gasteiger partial charge in [-0.2, -0.15) is 0 Å². The summed E-state index contributed by atoms with van der Waals surface area (Å²) in [4.78, 5) is 23.2. The molecule has 17 heavy (non-hydrogen) atoms. The number of carbonyl (C=O) groups is 2. The number of esters is 1. The summed E-state index contributed by atoms with van der Waals surface area (Å²) in [6.45, 7) is 3.92. The smallest absolute Gasteiger partial charge is 0.338 e. The third kappa shape index (κ3) is 3.40. The number of halogens is 1. The Morgan fingerprint density at radius 1 is 1.29 bits per heavy atom. The van der Waals surface area contributed by atoms with E-state index in [4.69, 9.17) is 4.74 Å². The van der Waals surface area contributed by atoms with E-state index in [1.807, 2.05) is 6.92 Å². The van der Waals surface area contributed by atoms with Crippen molar-refractivity contribution in [3.8, 4) is 0 Å². The van der Waals surface area contributed by atoms with E-state index in [1.165, 1.54) is 0 Å². The first-order chi connectivity index (χ1) is 8.13. The van der Waals surface area contributed by atoms with Gasteiger partial charge in [0.1, 0.15) is 0 Å². The largest absolute Gasteiger partial charge is 0.462 e. The lowest BCUT2D eigenvalue weighted by Crippen LogP contribution is -2.09. The van der Waals surface area contributed by atoms with Crippen molar-refractivity contribution >= 4 is 27.7 Å². The zero-order valence-electron chi connectivity index (χ0n) is 9.96. The van der Waals surface area contributed by atoms with Crippen molar-refractivity contribution in [2.75, 3.05) is 6.61 Å². The standard InChI is InChI=1S/C13H15BrO3/c1-3-12(15)9-5-6-11(10(7-9)8-14)13(16)17-4-2/h5-7H,3-4,8H2,1-2H3. The van der Waals surface area contributed by atoms with Crippen molar-refractivity contribution < 1.29 is 14.3 Å². The first-order valence-corrected chi connectivity index (χ1v) is 6.65. The minimum Gasteiger partial charge on any atom is -0.462 e. The van der Waals surface area contributed by atoms with E-state index in [-0.39, 0.29) is 11.8 Å². The summed E-state index contributed by atoms with van der Waals surface area (Å²) in [6, 6.07) is 5.06. The molecule has 0 aromatic heterocycles. The van der Waals surface area contributed by atoms with Gasteiger partial charge >= 0.3 is 5.97 Å². The van der Waals surface area contributed by atoms with Crippen LogP contribution in [0.25, 0.3) is 0 Å². The first-order valence-electron chi connectivity index (χ1n) is 5.53. The fourth-order valence-corrected chi connectivity index (χ4v) is 1.95. The number of Topliss-reactive ketones (excluding diaryl/α,β-unsaturated/α-hetero) is 1. The van der Waals surface area contributed by atoms with E-state index in [9.17, 15) is 9.59 Å². The van der Waals surface area contributed by atoms with Crippen molar-refractivity contribution in [3.63, 3.8) is 0 Å². The summed E-state index contributed by atoms with van der Waals surface area (Å²) in [6.07, 6.45) is 0.459. The highest BCUT2D eigenvalue weighted by molar-refractivity contribution is 9.08. The molecule has 0 amide bonds. The van der Waals surface area contributed by atoms with E-state index in [0.29, 0.717) is 29.5 Å². The van der Waals surface area contributed by atoms with Gasteiger partial charge in [-0.15, -0.1) is 0 Å². The summed E-state index contributed by atoms with van der Waals surface area (Å²) < 4.78 is 4.95. The molecule has 0 aliphatic heterocycles. The van der Waals surface area contributed by atoms with Gasteiger partial charge in [0.25, 0.3) is 0 Å². The van der Waals surface area contributed by atoms with Crippen molar-refractivity contribution in [2.24, 2.45) is 0 Å². The molecule has 0 radical (unpaired) electrons. The maximum absolute atomic E-state index is 11.6. The lowest BCUT2D eigenvalue weighted by Gasteiger charge is -2.08. The molecule has 3 nitrogen and oxygen atoms in total. The molecule has 0 aliphatic carbocycles. The van der Waals surface area contributed by atoms with Crippen molar-refractivity contribution in [1.29, 1.82) is 0 Å². The van der Waals surface area contributed by atoms with Crippen molar-refractivity contribution in [2.45, 2.75) is 25.6 Å². The minimum absolute atomic E-state index is 0.0719. The number of ketones is 1. The monoisotopic (exact) mass is 298 g/mol. The molecule has 0 saturated carbocycles. The molecule has 0 fully saturated rings. The summed E-state index contributed by atoms with van der Waals surface area (Å²) in [7, 11) is 0. The second-order valence-electron chi connectivity index (χ2n) is 3.50. The predicted molar refractivity (Wildman–Crippen MR) is 69.7 cm³/mol. The molecular formula is C13H15BrO3. The van der Waals surface area contributed by atoms with Crippen LogP contribution in [0, 0.1) is 0 Å². The minimum atomic E-state index is -0.350. The van der Waals surface area contributed by atoms with Gasteiger partial charge < -0.3 is 4.74 Å². The highest BCUT2D eigenvalue weighted by Crippen LogP contribution is 2.17. The number of carbonyl (C=O) groups excluding carboxylic acids is 2. The van der Waals surface area contributed by atoms with Gasteiger partial charge in [-0.1, -0.05) is 28.9 Å². The molecule has 0 saturated heterocycles. The first kappa shape index (κ1) is 13.9. The van der Waals surface area contributed by atoms with E-state index in [1.54, 1.807) is 25.1 Å². The SMILES string of the molecule is CCOC(=O)c1ccc(C(=O)CC)cc1CBr. The number of hydrogen-bond acceptors (Lipinski definition) is 3. The molecule has 0 heterocycles. The Morgan fingerprint density at radius 3 is 2.53 bits per heavy atom. The lowest BCUT2D eigenvalue weighted by molar-refractivity contribution is 0.0525. The van der Waals surface area contributed by atoms with Gasteiger partial charge in [0.05, 0.1) is 12.2 Å². The quantitative estimate of drug-likeness (QED) is 0.476. The van der Waals surface area contributed by atoms with Crippen molar-refractivity contribution in [1.82, 2.24) is 0 Å². The number of alkyl halides is 1. The molecule has 0 unspecified atom stereocenters. The third-order valence-corrected chi connectivity index (χ3v) is 2.99. The number of ether oxygens (including phenoxy) is 1. The molecule has 0 bridgehead atoms. The van der Waals surface area contributed by atoms with Crippen LogP contribution in [0.2, 0.25) is 0 Å². The molecular weight excluding hydrogens is 284 g/mol. The third-order valence-electron chi connectivity index (χ3n) is 2.39. The summed E-state index contributed by atoms with van der Waals surface area (Å²) >= 11 is 3.31. The maximum Gasteiger partial charge on any atom is 0.338 e. The molecule has 92 valence electrons. The summed E-state index contributed by atoms with van der Waals surface area (Å²) in [5.74, 6) is -0.278. The normalized spacial score (nSPS) is 10.1. The molecule has 0 spiro atoms. The number of benzene rings is 1. The van der Waals surface area contributed by atoms with Gasteiger partial charge in [0.15, 0.2) is 5.78 Å². The summed E-state index contributed by atoms with van der Waals surface area (Å²) in [5, 5.41) is 0.520. The highest BCUT2D eigenvalue weighted by atomic mass is 79.9. The van der Waals surface area contributed by atoms with Crippen LogP contribution < -0.4 is 0 Å². The van der Waals surface area contributed by atoms with Crippen molar-refractivity contribution in [3.05, 3.63) is 34.9 Å². The molecule has 1 aromatic carbocycles. The molecule has 4 heteroatoms. The highest BCUT2D eigenvalue weighted by Gasteiger charge is 2.14. The Kier molecular flexibility index (Phi) is 5.35. The molecule has 0 atom stereocenters. The number of hydrogen-bond donors (Lipinski definition) is 0. The van der Waals surface area contributed by atoms with Crippen LogP contribution in [-0.2, 0) is 10.1 Å². The van der Waals surface area contributed by atoms with Gasteiger partial charge in [-0.05, 0) is 24.6 Å². The van der Waals surface area contributed by atoms with Crippen LogP contribution in [0.3, 0.4) is 0 Å². The van der Waals surface area contributed by atoms with Crippen LogP contribution in [0.4, 0.5) is 0 Å². The Balaban J connectivity index is 3.09. The van der Waals surface area contributed by atoms with Gasteiger partial charge in [0, 0.05) is 17.3 Å². The maximum atomic E-state index is 11.6. The second-order valence-corrected chi connectivity index (χ2v) is 4.06. The van der Waals surface area contributed by atoms with E-state index in [2.05, 4.69) is 15.9 Å². The van der Waals surface area contributed by atoms with E-state index < -0.39 is 0 Å². The topological polar surface area (TPSA) is 43.4 Å². The van der Waals surface area contributed by atoms with Crippen LogP contribution in [0.5, 0.6) is 0 Å². The van der Waals surface area contributed by atoms with Crippen LogP contribution in [0.15, 0.2) is 18.2 Å².